The van der Waals surface area contributed by atoms with Crippen LogP contribution in [-0.4, -0.2) is 58.5 Å². The maximum absolute atomic E-state index is 6.01. The maximum Gasteiger partial charge on any atom is 0.0702 e. The van der Waals surface area contributed by atoms with Crippen LogP contribution in [0.15, 0.2) is 30.5 Å². The van der Waals surface area contributed by atoms with Gasteiger partial charge in [-0.15, -0.1) is 0 Å². The lowest BCUT2D eigenvalue weighted by Crippen LogP contribution is -2.40. The first kappa shape index (κ1) is 23.5. The lowest BCUT2D eigenvalue weighted by Gasteiger charge is -2.35. The third-order valence-corrected chi connectivity index (χ3v) is 7.26. The number of ether oxygens (including phenoxy) is 1. The monoisotopic (exact) mass is 438 g/mol. The lowest BCUT2D eigenvalue weighted by molar-refractivity contribution is 0.0569. The molecule has 1 aromatic heterocycles. The molecule has 32 heavy (non-hydrogen) atoms. The van der Waals surface area contributed by atoms with Gasteiger partial charge >= 0.3 is 0 Å². The van der Waals surface area contributed by atoms with Crippen molar-refractivity contribution in [2.45, 2.75) is 78.6 Å². The molecule has 0 spiro atoms. The van der Waals surface area contributed by atoms with Crippen LogP contribution in [0.3, 0.4) is 0 Å². The summed E-state index contributed by atoms with van der Waals surface area (Å²) >= 11 is 0. The van der Waals surface area contributed by atoms with Crippen molar-refractivity contribution in [2.75, 3.05) is 32.8 Å². The molecule has 2 aliphatic rings. The summed E-state index contributed by atoms with van der Waals surface area (Å²) in [6.07, 6.45) is 8.81. The van der Waals surface area contributed by atoms with E-state index in [0.717, 1.165) is 45.1 Å². The number of rotatable bonds is 10. The van der Waals surface area contributed by atoms with Gasteiger partial charge in [0.25, 0.3) is 0 Å². The van der Waals surface area contributed by atoms with Gasteiger partial charge in [0.05, 0.1) is 11.8 Å². The summed E-state index contributed by atoms with van der Waals surface area (Å²) in [7, 11) is 0. The zero-order chi connectivity index (χ0) is 22.3. The molecule has 0 radical (unpaired) electrons. The molecule has 5 nitrogen and oxygen atoms in total. The van der Waals surface area contributed by atoms with Gasteiger partial charge in [-0.3, -0.25) is 14.5 Å². The van der Waals surface area contributed by atoms with E-state index in [4.69, 9.17) is 9.84 Å². The third-order valence-electron chi connectivity index (χ3n) is 7.26. The van der Waals surface area contributed by atoms with E-state index in [1.54, 1.807) is 0 Å². The standard InChI is InChI=1S/C27H42N4O/c1-4-13-31-20-26(23(3)28-31)19-30(21-27-10-7-16-32-27)17-24-11-14-29(15-12-24)18-25-9-6-5-8-22(25)2/h5-6,8-9,20,24,27H,4,7,10-19,21H2,1-3H3/t27-/m0/s1. The molecule has 2 aliphatic heterocycles. The highest BCUT2D eigenvalue weighted by molar-refractivity contribution is 5.25. The van der Waals surface area contributed by atoms with Crippen molar-refractivity contribution in [2.24, 2.45) is 5.92 Å². The van der Waals surface area contributed by atoms with Crippen LogP contribution < -0.4 is 0 Å². The molecule has 2 fully saturated rings. The zero-order valence-corrected chi connectivity index (χ0v) is 20.4. The molecular formula is C27H42N4O. The minimum Gasteiger partial charge on any atom is -0.377 e. The minimum absolute atomic E-state index is 0.405. The number of nitrogens with zero attached hydrogens (tertiary/aromatic N) is 4. The molecule has 0 aliphatic carbocycles. The SMILES string of the molecule is CCCn1cc(CN(CC2CCN(Cc3ccccc3C)CC2)C[C@@H]2CCCO2)c(C)n1. The first-order valence-corrected chi connectivity index (χ1v) is 12.7. The van der Waals surface area contributed by atoms with Crippen LogP contribution >= 0.6 is 0 Å². The summed E-state index contributed by atoms with van der Waals surface area (Å²) in [5.41, 5.74) is 5.46. The second kappa shape index (κ2) is 11.4. The van der Waals surface area contributed by atoms with E-state index in [1.165, 1.54) is 67.7 Å². The molecule has 2 saturated heterocycles. The van der Waals surface area contributed by atoms with Crippen molar-refractivity contribution >= 4 is 0 Å². The van der Waals surface area contributed by atoms with Crippen molar-refractivity contribution in [3.63, 3.8) is 0 Å². The average Bonchev–Trinajstić information content (AvgIpc) is 3.41. The topological polar surface area (TPSA) is 33.5 Å². The largest absolute Gasteiger partial charge is 0.377 e. The Kier molecular flexibility index (Phi) is 8.39. The predicted molar refractivity (Wildman–Crippen MR) is 131 cm³/mol. The zero-order valence-electron chi connectivity index (χ0n) is 20.4. The van der Waals surface area contributed by atoms with Gasteiger partial charge in [0.1, 0.15) is 0 Å². The highest BCUT2D eigenvalue weighted by Gasteiger charge is 2.25. The van der Waals surface area contributed by atoms with Crippen LogP contribution in [0.2, 0.25) is 0 Å². The van der Waals surface area contributed by atoms with Crippen molar-refractivity contribution in [3.05, 3.63) is 52.8 Å². The van der Waals surface area contributed by atoms with Crippen molar-refractivity contribution < 1.29 is 4.74 Å². The fourth-order valence-electron chi connectivity index (χ4n) is 5.30. The van der Waals surface area contributed by atoms with Gasteiger partial charge in [-0.05, 0) is 76.1 Å². The number of likely N-dealkylation sites (tertiary alicyclic amines) is 1. The molecule has 3 heterocycles. The van der Waals surface area contributed by atoms with Crippen LogP contribution in [0.4, 0.5) is 0 Å². The summed E-state index contributed by atoms with van der Waals surface area (Å²) in [5.74, 6) is 0.774. The van der Waals surface area contributed by atoms with E-state index in [1.807, 2.05) is 0 Å². The van der Waals surface area contributed by atoms with Crippen LogP contribution in [0.1, 0.15) is 61.4 Å². The summed E-state index contributed by atoms with van der Waals surface area (Å²) in [6, 6.07) is 8.82. The Labute approximate surface area is 194 Å². The highest BCUT2D eigenvalue weighted by atomic mass is 16.5. The summed E-state index contributed by atoms with van der Waals surface area (Å²) < 4.78 is 8.13. The molecule has 0 amide bonds. The number of aromatic nitrogens is 2. The summed E-state index contributed by atoms with van der Waals surface area (Å²) in [4.78, 5) is 5.31. The van der Waals surface area contributed by atoms with Crippen LogP contribution in [-0.2, 0) is 24.4 Å². The molecule has 1 aromatic carbocycles. The average molecular weight is 439 g/mol. The Bertz CT molecular complexity index is 834. The second-order valence-corrected chi connectivity index (χ2v) is 9.98. The Balaban J connectivity index is 1.33. The first-order chi connectivity index (χ1) is 15.6. The lowest BCUT2D eigenvalue weighted by atomic mass is 9.95. The fraction of sp³-hybridized carbons (Fsp3) is 0.667. The van der Waals surface area contributed by atoms with E-state index in [-0.39, 0.29) is 0 Å². The van der Waals surface area contributed by atoms with Crippen LogP contribution in [0.5, 0.6) is 0 Å². The number of benzene rings is 1. The van der Waals surface area contributed by atoms with E-state index >= 15 is 0 Å². The molecule has 0 N–H and O–H groups in total. The number of piperidine rings is 1. The molecule has 176 valence electrons. The Hall–Kier alpha value is -1.69. The van der Waals surface area contributed by atoms with E-state index < -0.39 is 0 Å². The number of hydrogen-bond donors (Lipinski definition) is 0. The van der Waals surface area contributed by atoms with Gasteiger partial charge in [0.15, 0.2) is 0 Å². The molecule has 2 aromatic rings. The van der Waals surface area contributed by atoms with Gasteiger partial charge in [-0.1, -0.05) is 31.2 Å². The number of hydrogen-bond acceptors (Lipinski definition) is 4. The van der Waals surface area contributed by atoms with Gasteiger partial charge in [-0.25, -0.2) is 0 Å². The molecule has 5 heteroatoms. The van der Waals surface area contributed by atoms with Crippen LogP contribution in [0, 0.1) is 19.8 Å². The molecule has 0 unspecified atom stereocenters. The smallest absolute Gasteiger partial charge is 0.0702 e. The first-order valence-electron chi connectivity index (χ1n) is 12.7. The summed E-state index contributed by atoms with van der Waals surface area (Å²) in [6.45, 7) is 15.3. The second-order valence-electron chi connectivity index (χ2n) is 9.98. The quantitative estimate of drug-likeness (QED) is 0.533. The fourth-order valence-corrected chi connectivity index (χ4v) is 5.30. The Morgan fingerprint density at radius 1 is 1.06 bits per heavy atom. The van der Waals surface area contributed by atoms with Crippen molar-refractivity contribution in [1.82, 2.24) is 19.6 Å². The van der Waals surface area contributed by atoms with E-state index in [0.29, 0.717) is 6.10 Å². The molecular weight excluding hydrogens is 396 g/mol. The van der Waals surface area contributed by atoms with Gasteiger partial charge < -0.3 is 4.74 Å². The van der Waals surface area contributed by atoms with Gasteiger partial charge in [-0.2, -0.15) is 5.10 Å². The Morgan fingerprint density at radius 2 is 1.88 bits per heavy atom. The van der Waals surface area contributed by atoms with Gasteiger partial charge in [0.2, 0.25) is 0 Å². The van der Waals surface area contributed by atoms with E-state index in [2.05, 4.69) is 65.7 Å². The molecule has 4 rings (SSSR count). The Morgan fingerprint density at radius 3 is 2.59 bits per heavy atom. The van der Waals surface area contributed by atoms with Crippen molar-refractivity contribution in [3.8, 4) is 0 Å². The molecule has 0 saturated carbocycles. The normalized spacial score (nSPS) is 20.4. The maximum atomic E-state index is 6.01. The predicted octanol–water partition coefficient (Wildman–Crippen LogP) is 4.80. The molecule has 0 bridgehead atoms. The van der Waals surface area contributed by atoms with Gasteiger partial charge in [0, 0.05) is 51.1 Å². The minimum atomic E-state index is 0.405. The van der Waals surface area contributed by atoms with Crippen molar-refractivity contribution in [1.29, 1.82) is 0 Å². The summed E-state index contributed by atoms with van der Waals surface area (Å²) in [5, 5.41) is 4.74. The van der Waals surface area contributed by atoms with Crippen LogP contribution in [0.25, 0.3) is 0 Å². The van der Waals surface area contributed by atoms with E-state index in [9.17, 15) is 0 Å². The number of aryl methyl sites for hydroxylation is 3. The highest BCUT2D eigenvalue weighted by Crippen LogP contribution is 2.24. The molecule has 1 atom stereocenters. The third kappa shape index (κ3) is 6.43.